The summed E-state index contributed by atoms with van der Waals surface area (Å²) in [6, 6.07) is 9.28. The van der Waals surface area contributed by atoms with E-state index < -0.39 is 0 Å². The van der Waals surface area contributed by atoms with Gasteiger partial charge in [-0.1, -0.05) is 62.8 Å². The van der Waals surface area contributed by atoms with Gasteiger partial charge in [-0.15, -0.1) is 0 Å². The van der Waals surface area contributed by atoms with Crippen LogP contribution in [-0.4, -0.2) is 12.1 Å². The Bertz CT molecular complexity index is 364. The number of halogens is 1. The molecule has 0 aromatic heterocycles. The molecule has 2 unspecified atom stereocenters. The molecular weight excluding hydrogens is 266 g/mol. The molecule has 0 aliphatic rings. The van der Waals surface area contributed by atoms with Crippen LogP contribution in [0.4, 0.5) is 0 Å². The molecule has 0 saturated carbocycles. The lowest BCUT2D eigenvalue weighted by Gasteiger charge is -2.20. The lowest BCUT2D eigenvalue weighted by Crippen LogP contribution is -2.35. The van der Waals surface area contributed by atoms with Gasteiger partial charge in [-0.25, -0.2) is 0 Å². The minimum atomic E-state index is 0.499. The fourth-order valence-electron chi connectivity index (χ4n) is 2.70. The molecule has 0 bridgehead atoms. The van der Waals surface area contributed by atoms with Crippen molar-refractivity contribution in [3.8, 4) is 0 Å². The van der Waals surface area contributed by atoms with E-state index in [0.717, 1.165) is 11.4 Å². The van der Waals surface area contributed by atoms with Gasteiger partial charge >= 0.3 is 0 Å². The number of nitrogens with one attached hydrogen (secondary N) is 1. The molecule has 20 heavy (non-hydrogen) atoms. The first-order valence-electron chi connectivity index (χ1n) is 8.12. The standard InChI is InChI=1S/C18H30ClN/c1-4-5-6-7-8-10-15(2)20-16(3)13-17-11-9-12-18(19)14-17/h9,11-12,14-16,20H,4-8,10,13H2,1-3H3. The summed E-state index contributed by atoms with van der Waals surface area (Å²) in [6.07, 6.45) is 9.14. The Morgan fingerprint density at radius 2 is 1.80 bits per heavy atom. The number of hydrogen-bond donors (Lipinski definition) is 1. The van der Waals surface area contributed by atoms with Crippen LogP contribution in [0.2, 0.25) is 5.02 Å². The second-order valence-electron chi connectivity index (χ2n) is 6.01. The smallest absolute Gasteiger partial charge is 0.0408 e. The van der Waals surface area contributed by atoms with Crippen LogP contribution in [0.5, 0.6) is 0 Å². The van der Waals surface area contributed by atoms with Crippen molar-refractivity contribution in [3.63, 3.8) is 0 Å². The third-order valence-electron chi connectivity index (χ3n) is 3.74. The van der Waals surface area contributed by atoms with Gasteiger partial charge in [0.25, 0.3) is 0 Å². The zero-order chi connectivity index (χ0) is 14.8. The van der Waals surface area contributed by atoms with Gasteiger partial charge < -0.3 is 5.32 Å². The lowest BCUT2D eigenvalue weighted by atomic mass is 10.0. The van der Waals surface area contributed by atoms with Gasteiger partial charge in [-0.3, -0.25) is 0 Å². The van der Waals surface area contributed by atoms with Gasteiger partial charge in [0.15, 0.2) is 0 Å². The molecule has 2 atom stereocenters. The predicted octanol–water partition coefficient (Wildman–Crippen LogP) is 5.61. The van der Waals surface area contributed by atoms with Gasteiger partial charge in [0.2, 0.25) is 0 Å². The molecule has 0 aliphatic heterocycles. The average molecular weight is 296 g/mol. The van der Waals surface area contributed by atoms with E-state index in [9.17, 15) is 0 Å². The Hall–Kier alpha value is -0.530. The maximum absolute atomic E-state index is 6.02. The van der Waals surface area contributed by atoms with E-state index in [4.69, 9.17) is 11.6 Å². The minimum absolute atomic E-state index is 0.499. The third-order valence-corrected chi connectivity index (χ3v) is 3.98. The molecule has 0 aliphatic carbocycles. The van der Waals surface area contributed by atoms with Crippen molar-refractivity contribution in [2.75, 3.05) is 0 Å². The normalized spacial score (nSPS) is 14.2. The quantitative estimate of drug-likeness (QED) is 0.553. The van der Waals surface area contributed by atoms with Crippen LogP contribution in [0.25, 0.3) is 0 Å². The summed E-state index contributed by atoms with van der Waals surface area (Å²) in [5.41, 5.74) is 1.31. The molecule has 0 spiro atoms. The highest BCUT2D eigenvalue weighted by Crippen LogP contribution is 2.13. The van der Waals surface area contributed by atoms with Crippen LogP contribution in [-0.2, 0) is 6.42 Å². The number of benzene rings is 1. The van der Waals surface area contributed by atoms with Crippen LogP contribution < -0.4 is 5.32 Å². The van der Waals surface area contributed by atoms with Crippen molar-refractivity contribution in [2.45, 2.75) is 77.8 Å². The highest BCUT2D eigenvalue weighted by atomic mass is 35.5. The van der Waals surface area contributed by atoms with E-state index in [2.05, 4.69) is 38.2 Å². The van der Waals surface area contributed by atoms with E-state index in [1.54, 1.807) is 0 Å². The molecule has 1 N–H and O–H groups in total. The largest absolute Gasteiger partial charge is 0.311 e. The van der Waals surface area contributed by atoms with Crippen molar-refractivity contribution in [2.24, 2.45) is 0 Å². The highest BCUT2D eigenvalue weighted by Gasteiger charge is 2.08. The maximum Gasteiger partial charge on any atom is 0.0408 e. The third kappa shape index (κ3) is 7.91. The summed E-state index contributed by atoms with van der Waals surface area (Å²) >= 11 is 6.02. The SMILES string of the molecule is CCCCCCCC(C)NC(C)Cc1cccc(Cl)c1. The first kappa shape index (κ1) is 17.5. The van der Waals surface area contributed by atoms with E-state index in [-0.39, 0.29) is 0 Å². The fraction of sp³-hybridized carbons (Fsp3) is 0.667. The fourth-order valence-corrected chi connectivity index (χ4v) is 2.91. The summed E-state index contributed by atoms with van der Waals surface area (Å²) in [4.78, 5) is 0. The van der Waals surface area contributed by atoms with Gasteiger partial charge in [0, 0.05) is 17.1 Å². The average Bonchev–Trinajstić information content (AvgIpc) is 2.38. The molecule has 0 amide bonds. The minimum Gasteiger partial charge on any atom is -0.311 e. The summed E-state index contributed by atoms with van der Waals surface area (Å²) < 4.78 is 0. The molecule has 1 nitrogen and oxygen atoms in total. The summed E-state index contributed by atoms with van der Waals surface area (Å²) in [7, 11) is 0. The highest BCUT2D eigenvalue weighted by molar-refractivity contribution is 6.30. The number of unbranched alkanes of at least 4 members (excludes halogenated alkanes) is 4. The Balaban J connectivity index is 2.19. The number of hydrogen-bond acceptors (Lipinski definition) is 1. The summed E-state index contributed by atoms with van der Waals surface area (Å²) in [6.45, 7) is 6.82. The van der Waals surface area contributed by atoms with Crippen LogP contribution in [0.3, 0.4) is 0 Å². The van der Waals surface area contributed by atoms with Gasteiger partial charge in [0.05, 0.1) is 0 Å². The van der Waals surface area contributed by atoms with Crippen molar-refractivity contribution in [3.05, 3.63) is 34.9 Å². The maximum atomic E-state index is 6.02. The topological polar surface area (TPSA) is 12.0 Å². The van der Waals surface area contributed by atoms with E-state index in [0.29, 0.717) is 12.1 Å². The molecule has 114 valence electrons. The Morgan fingerprint density at radius 3 is 2.50 bits per heavy atom. The molecule has 1 aromatic carbocycles. The molecular formula is C18H30ClN. The molecule has 0 heterocycles. The van der Waals surface area contributed by atoms with Crippen LogP contribution in [0, 0.1) is 0 Å². The van der Waals surface area contributed by atoms with Crippen molar-refractivity contribution >= 4 is 11.6 Å². The lowest BCUT2D eigenvalue weighted by molar-refractivity contribution is 0.427. The second-order valence-corrected chi connectivity index (χ2v) is 6.44. The van der Waals surface area contributed by atoms with E-state index in [1.807, 2.05) is 12.1 Å². The molecule has 1 rings (SSSR count). The molecule has 2 heteroatoms. The van der Waals surface area contributed by atoms with Gasteiger partial charge in [-0.2, -0.15) is 0 Å². The first-order valence-corrected chi connectivity index (χ1v) is 8.50. The first-order chi connectivity index (χ1) is 9.61. The van der Waals surface area contributed by atoms with Crippen molar-refractivity contribution < 1.29 is 0 Å². The monoisotopic (exact) mass is 295 g/mol. The zero-order valence-corrected chi connectivity index (χ0v) is 14.0. The summed E-state index contributed by atoms with van der Waals surface area (Å²) in [5, 5.41) is 4.53. The van der Waals surface area contributed by atoms with Gasteiger partial charge in [-0.05, 0) is 44.4 Å². The van der Waals surface area contributed by atoms with Crippen LogP contribution in [0.15, 0.2) is 24.3 Å². The van der Waals surface area contributed by atoms with Crippen LogP contribution >= 0.6 is 11.6 Å². The Labute approximate surface area is 130 Å². The molecule has 0 saturated heterocycles. The van der Waals surface area contributed by atoms with Gasteiger partial charge in [0.1, 0.15) is 0 Å². The van der Waals surface area contributed by atoms with E-state index >= 15 is 0 Å². The summed E-state index contributed by atoms with van der Waals surface area (Å²) in [5.74, 6) is 0. The van der Waals surface area contributed by atoms with Crippen molar-refractivity contribution in [1.82, 2.24) is 5.32 Å². The zero-order valence-electron chi connectivity index (χ0n) is 13.3. The predicted molar refractivity (Wildman–Crippen MR) is 90.6 cm³/mol. The molecule has 0 fully saturated rings. The Kier molecular flexibility index (Phi) is 8.97. The molecule has 1 aromatic rings. The van der Waals surface area contributed by atoms with Crippen molar-refractivity contribution in [1.29, 1.82) is 0 Å². The second kappa shape index (κ2) is 10.2. The van der Waals surface area contributed by atoms with Crippen LogP contribution in [0.1, 0.15) is 64.9 Å². The Morgan fingerprint density at radius 1 is 1.05 bits per heavy atom. The molecule has 0 radical (unpaired) electrons. The number of rotatable bonds is 10. The van der Waals surface area contributed by atoms with E-state index in [1.165, 1.54) is 44.1 Å².